The molecule has 3 aromatic rings. The molecule has 1 heterocycles. The Bertz CT molecular complexity index is 1200. The average molecular weight is 500 g/mol. The molecule has 0 spiro atoms. The molecule has 0 aromatic heterocycles. The molecule has 1 unspecified atom stereocenters. The number of hydrogen-bond acceptors (Lipinski definition) is 5. The van der Waals surface area contributed by atoms with Gasteiger partial charge in [0.05, 0.1) is 37.6 Å². The van der Waals surface area contributed by atoms with Crippen LogP contribution in [0.2, 0.25) is 0 Å². The fraction of sp³-hybridized carbons (Fsp3) is 0.387. The third-order valence-corrected chi connectivity index (χ3v) is 7.95. The fourth-order valence-corrected chi connectivity index (χ4v) is 6.10. The zero-order chi connectivity index (χ0) is 25.8. The van der Waals surface area contributed by atoms with E-state index in [1.165, 1.54) is 6.42 Å². The van der Waals surface area contributed by atoms with Gasteiger partial charge in [-0.25, -0.2) is 0 Å². The van der Waals surface area contributed by atoms with Gasteiger partial charge in [-0.05, 0) is 55.5 Å². The lowest BCUT2D eigenvalue weighted by Gasteiger charge is -2.44. The predicted molar refractivity (Wildman–Crippen MR) is 148 cm³/mol. The fourth-order valence-electron chi connectivity index (χ4n) is 6.10. The van der Waals surface area contributed by atoms with Crippen molar-refractivity contribution in [2.75, 3.05) is 24.9 Å². The molecule has 6 heteroatoms. The number of benzene rings is 3. The summed E-state index contributed by atoms with van der Waals surface area (Å²) < 4.78 is 11.4. The van der Waals surface area contributed by atoms with Crippen LogP contribution in [0.25, 0.3) is 0 Å². The van der Waals surface area contributed by atoms with E-state index in [2.05, 4.69) is 47.1 Å². The van der Waals surface area contributed by atoms with Crippen molar-refractivity contribution in [2.24, 2.45) is 11.8 Å². The van der Waals surface area contributed by atoms with Gasteiger partial charge >= 0.3 is 0 Å². The lowest BCUT2D eigenvalue weighted by molar-refractivity contribution is -0.130. The molecular formula is C31H37N3O3. The van der Waals surface area contributed by atoms with Crippen LogP contribution in [-0.2, 0) is 10.5 Å². The zero-order valence-electron chi connectivity index (χ0n) is 21.9. The van der Waals surface area contributed by atoms with Crippen LogP contribution in [0.1, 0.15) is 56.2 Å². The predicted octanol–water partition coefficient (Wildman–Crippen LogP) is 6.47. The SMILES string of the molecule is COc1ccc(C2(C(C(=O)N[C@H](C)c3ccccc3)C3CCCCC3)Nc3ccccc3N2)c(OC)c1. The number of hydrogen-bond donors (Lipinski definition) is 3. The molecule has 3 N–H and O–H groups in total. The van der Waals surface area contributed by atoms with E-state index in [0.29, 0.717) is 11.5 Å². The van der Waals surface area contributed by atoms with E-state index in [1.54, 1.807) is 14.2 Å². The highest BCUT2D eigenvalue weighted by atomic mass is 16.5. The van der Waals surface area contributed by atoms with Crippen molar-refractivity contribution in [2.45, 2.75) is 50.7 Å². The molecular weight excluding hydrogens is 462 g/mol. The monoisotopic (exact) mass is 499 g/mol. The average Bonchev–Trinajstić information content (AvgIpc) is 3.33. The minimum absolute atomic E-state index is 0.0360. The Labute approximate surface area is 219 Å². The van der Waals surface area contributed by atoms with Crippen LogP contribution in [0.3, 0.4) is 0 Å². The molecule has 37 heavy (non-hydrogen) atoms. The molecule has 1 amide bonds. The van der Waals surface area contributed by atoms with Gasteiger partial charge in [-0.15, -0.1) is 0 Å². The van der Waals surface area contributed by atoms with Crippen LogP contribution in [0.4, 0.5) is 11.4 Å². The Kier molecular flexibility index (Phi) is 7.26. The molecule has 2 aliphatic rings. The molecule has 2 atom stereocenters. The summed E-state index contributed by atoms with van der Waals surface area (Å²) in [5.74, 6) is 1.25. The van der Waals surface area contributed by atoms with E-state index in [0.717, 1.165) is 48.2 Å². The van der Waals surface area contributed by atoms with Crippen LogP contribution < -0.4 is 25.4 Å². The van der Waals surface area contributed by atoms with Gasteiger partial charge in [-0.1, -0.05) is 61.7 Å². The van der Waals surface area contributed by atoms with Gasteiger partial charge in [-0.2, -0.15) is 0 Å². The summed E-state index contributed by atoms with van der Waals surface area (Å²) in [6.07, 6.45) is 5.50. The second-order valence-electron chi connectivity index (χ2n) is 10.2. The number of carbonyl (C=O) groups is 1. The summed E-state index contributed by atoms with van der Waals surface area (Å²) in [5.41, 5.74) is 3.05. The maximum atomic E-state index is 14.4. The second-order valence-corrected chi connectivity index (χ2v) is 10.2. The van der Waals surface area contributed by atoms with Crippen LogP contribution in [0.5, 0.6) is 11.5 Å². The molecule has 0 bridgehead atoms. The van der Waals surface area contributed by atoms with Gasteiger partial charge < -0.3 is 25.4 Å². The van der Waals surface area contributed by atoms with Crippen molar-refractivity contribution >= 4 is 17.3 Å². The third kappa shape index (κ3) is 4.85. The van der Waals surface area contributed by atoms with E-state index in [9.17, 15) is 4.79 Å². The maximum Gasteiger partial charge on any atom is 0.228 e. The first kappa shape index (κ1) is 25.0. The molecule has 0 radical (unpaired) electrons. The number of ether oxygens (including phenoxy) is 2. The number of anilines is 2. The Morgan fingerprint density at radius 1 is 0.892 bits per heavy atom. The van der Waals surface area contributed by atoms with Crippen molar-refractivity contribution in [1.82, 2.24) is 5.32 Å². The Hall–Kier alpha value is -3.67. The second kappa shape index (κ2) is 10.8. The quantitative estimate of drug-likeness (QED) is 0.331. The highest BCUT2D eigenvalue weighted by Crippen LogP contribution is 2.51. The van der Waals surface area contributed by atoms with E-state index < -0.39 is 5.66 Å². The largest absolute Gasteiger partial charge is 0.497 e. The lowest BCUT2D eigenvalue weighted by atomic mass is 9.70. The summed E-state index contributed by atoms with van der Waals surface area (Å²) in [4.78, 5) is 14.4. The molecule has 1 fully saturated rings. The molecule has 0 saturated heterocycles. The van der Waals surface area contributed by atoms with E-state index in [-0.39, 0.29) is 23.8 Å². The molecule has 6 nitrogen and oxygen atoms in total. The van der Waals surface area contributed by atoms with Crippen molar-refractivity contribution in [3.63, 3.8) is 0 Å². The van der Waals surface area contributed by atoms with E-state index in [1.807, 2.05) is 48.5 Å². The number of methoxy groups -OCH3 is 2. The molecule has 1 aliphatic heterocycles. The summed E-state index contributed by atoms with van der Waals surface area (Å²) in [6.45, 7) is 2.05. The molecule has 1 saturated carbocycles. The number of nitrogens with one attached hydrogen (secondary N) is 3. The summed E-state index contributed by atoms with van der Waals surface area (Å²) in [6, 6.07) is 24.0. The lowest BCUT2D eigenvalue weighted by Crippen LogP contribution is -2.55. The van der Waals surface area contributed by atoms with Gasteiger partial charge in [0.1, 0.15) is 11.5 Å². The topological polar surface area (TPSA) is 71.6 Å². The number of fused-ring (bicyclic) bond motifs is 1. The van der Waals surface area contributed by atoms with Crippen LogP contribution >= 0.6 is 0 Å². The van der Waals surface area contributed by atoms with Gasteiger partial charge in [0, 0.05) is 11.6 Å². The first-order valence-electron chi connectivity index (χ1n) is 13.3. The Balaban J connectivity index is 1.62. The smallest absolute Gasteiger partial charge is 0.228 e. The molecule has 5 rings (SSSR count). The van der Waals surface area contributed by atoms with Gasteiger partial charge in [-0.3, -0.25) is 4.79 Å². The minimum atomic E-state index is -0.885. The van der Waals surface area contributed by atoms with Crippen molar-refractivity contribution < 1.29 is 14.3 Å². The first-order chi connectivity index (χ1) is 18.1. The molecule has 194 valence electrons. The number of rotatable bonds is 8. The Morgan fingerprint density at radius 3 is 2.16 bits per heavy atom. The Morgan fingerprint density at radius 2 is 1.54 bits per heavy atom. The first-order valence-corrected chi connectivity index (χ1v) is 13.3. The standard InChI is InChI=1S/C31H37N3O3/c1-21(22-12-6-4-7-13-22)32-30(35)29(23-14-8-5-9-15-23)31(33-26-16-10-11-17-27(26)34-31)25-19-18-24(36-2)20-28(25)37-3/h4,6-7,10-13,16-21,23,29,33-34H,5,8-9,14-15H2,1-3H3,(H,32,35)/t21-,29?/m1/s1. The number of para-hydroxylation sites is 2. The van der Waals surface area contributed by atoms with Crippen molar-refractivity contribution in [3.8, 4) is 11.5 Å². The zero-order valence-corrected chi connectivity index (χ0v) is 21.9. The molecule has 3 aromatic carbocycles. The van der Waals surface area contributed by atoms with Gasteiger partial charge in [0.2, 0.25) is 5.91 Å². The van der Waals surface area contributed by atoms with Gasteiger partial charge in [0.15, 0.2) is 5.66 Å². The summed E-state index contributed by atoms with van der Waals surface area (Å²) in [7, 11) is 3.32. The highest BCUT2D eigenvalue weighted by molar-refractivity contribution is 5.87. The maximum absolute atomic E-state index is 14.4. The van der Waals surface area contributed by atoms with Crippen LogP contribution in [0.15, 0.2) is 72.8 Å². The molecule has 1 aliphatic carbocycles. The minimum Gasteiger partial charge on any atom is -0.497 e. The van der Waals surface area contributed by atoms with Crippen molar-refractivity contribution in [3.05, 3.63) is 83.9 Å². The summed E-state index contributed by atoms with van der Waals surface area (Å²) >= 11 is 0. The number of amides is 1. The third-order valence-electron chi connectivity index (χ3n) is 7.95. The highest BCUT2D eigenvalue weighted by Gasteiger charge is 2.53. The number of carbonyl (C=O) groups excluding carboxylic acids is 1. The normalized spacial score (nSPS) is 18.0. The van der Waals surface area contributed by atoms with Gasteiger partial charge in [0.25, 0.3) is 0 Å². The van der Waals surface area contributed by atoms with Crippen LogP contribution in [0, 0.1) is 11.8 Å². The van der Waals surface area contributed by atoms with E-state index in [4.69, 9.17) is 9.47 Å². The van der Waals surface area contributed by atoms with Crippen LogP contribution in [-0.4, -0.2) is 20.1 Å². The van der Waals surface area contributed by atoms with Crippen molar-refractivity contribution in [1.29, 1.82) is 0 Å². The van der Waals surface area contributed by atoms with E-state index >= 15 is 0 Å². The summed E-state index contributed by atoms with van der Waals surface area (Å²) in [5, 5.41) is 10.9.